The number of hydrogen-bond acceptors (Lipinski definition) is 3. The SMILES string of the molecule is CCOc1ccc([C@@H](CC(=O)NCCN2CCCC2)c2cn(Cc3ccc(F)cc3)c3ccccc23)cc1. The van der Waals surface area contributed by atoms with E-state index in [1.54, 1.807) is 0 Å². The van der Waals surface area contributed by atoms with E-state index in [2.05, 4.69) is 45.2 Å². The number of para-hydroxylation sites is 1. The molecular weight excluding hydrogens is 477 g/mol. The van der Waals surface area contributed by atoms with E-state index < -0.39 is 0 Å². The lowest BCUT2D eigenvalue weighted by Gasteiger charge is -2.19. The Hall–Kier alpha value is -3.64. The topological polar surface area (TPSA) is 46.5 Å². The van der Waals surface area contributed by atoms with Crippen molar-refractivity contribution < 1.29 is 13.9 Å². The minimum atomic E-state index is -0.238. The Kier molecular flexibility index (Phi) is 8.39. The Labute approximate surface area is 224 Å². The Morgan fingerprint density at radius 3 is 2.47 bits per heavy atom. The third-order valence-corrected chi connectivity index (χ3v) is 7.39. The van der Waals surface area contributed by atoms with Crippen LogP contribution in [0.25, 0.3) is 10.9 Å². The lowest BCUT2D eigenvalue weighted by molar-refractivity contribution is -0.121. The van der Waals surface area contributed by atoms with Crippen LogP contribution in [0.15, 0.2) is 79.0 Å². The maximum Gasteiger partial charge on any atom is 0.220 e. The van der Waals surface area contributed by atoms with Gasteiger partial charge < -0.3 is 19.5 Å². The molecule has 1 fully saturated rings. The number of amides is 1. The molecule has 0 unspecified atom stereocenters. The average molecular weight is 514 g/mol. The van der Waals surface area contributed by atoms with Crippen molar-refractivity contribution in [3.63, 3.8) is 0 Å². The summed E-state index contributed by atoms with van der Waals surface area (Å²) >= 11 is 0. The number of fused-ring (bicyclic) bond motifs is 1. The molecule has 0 aliphatic carbocycles. The van der Waals surface area contributed by atoms with Crippen LogP contribution in [0.5, 0.6) is 5.75 Å². The van der Waals surface area contributed by atoms with Crippen LogP contribution < -0.4 is 10.1 Å². The zero-order valence-corrected chi connectivity index (χ0v) is 22.0. The molecule has 0 spiro atoms. The Morgan fingerprint density at radius 2 is 1.74 bits per heavy atom. The molecule has 6 heteroatoms. The fourth-order valence-electron chi connectivity index (χ4n) is 5.46. The molecule has 1 aliphatic heterocycles. The number of ether oxygens (including phenoxy) is 1. The van der Waals surface area contributed by atoms with Crippen molar-refractivity contribution in [1.29, 1.82) is 0 Å². The molecule has 5 rings (SSSR count). The number of likely N-dealkylation sites (tertiary alicyclic amines) is 1. The van der Waals surface area contributed by atoms with Crippen molar-refractivity contribution in [2.75, 3.05) is 32.8 Å². The standard InChI is InChI=1S/C32H36FN3O2/c1-2-38-27-15-11-25(12-16-27)29(21-32(37)34-17-20-35-18-5-6-19-35)30-23-36(31-8-4-3-7-28(30)31)22-24-9-13-26(33)14-10-24/h3-4,7-16,23,29H,2,5-6,17-22H2,1H3,(H,34,37)/t29-/m1/s1. The van der Waals surface area contributed by atoms with Gasteiger partial charge in [0.25, 0.3) is 0 Å². The zero-order valence-electron chi connectivity index (χ0n) is 22.0. The summed E-state index contributed by atoms with van der Waals surface area (Å²) in [6, 6.07) is 23.0. The van der Waals surface area contributed by atoms with E-state index in [0.717, 1.165) is 53.0 Å². The Bertz CT molecular complexity index is 1340. The molecule has 1 N–H and O–H groups in total. The lowest BCUT2D eigenvalue weighted by Crippen LogP contribution is -2.34. The monoisotopic (exact) mass is 513 g/mol. The molecule has 3 aromatic carbocycles. The van der Waals surface area contributed by atoms with Gasteiger partial charge in [-0.2, -0.15) is 0 Å². The summed E-state index contributed by atoms with van der Waals surface area (Å²) < 4.78 is 21.4. The smallest absolute Gasteiger partial charge is 0.220 e. The van der Waals surface area contributed by atoms with Gasteiger partial charge in [0.05, 0.1) is 6.61 Å². The highest BCUT2D eigenvalue weighted by atomic mass is 19.1. The van der Waals surface area contributed by atoms with Gasteiger partial charge in [0, 0.05) is 49.1 Å². The maximum absolute atomic E-state index is 13.5. The molecule has 1 aromatic heterocycles. The van der Waals surface area contributed by atoms with Gasteiger partial charge in [-0.15, -0.1) is 0 Å². The lowest BCUT2D eigenvalue weighted by atomic mass is 9.88. The van der Waals surface area contributed by atoms with Crippen LogP contribution in [-0.4, -0.2) is 48.2 Å². The minimum Gasteiger partial charge on any atom is -0.494 e. The summed E-state index contributed by atoms with van der Waals surface area (Å²) in [5.74, 6) is 0.525. The summed E-state index contributed by atoms with van der Waals surface area (Å²) in [4.78, 5) is 15.6. The number of hydrogen-bond donors (Lipinski definition) is 1. The van der Waals surface area contributed by atoms with Crippen LogP contribution in [0, 0.1) is 5.82 Å². The first kappa shape index (κ1) is 26.0. The van der Waals surface area contributed by atoms with Gasteiger partial charge in [0.15, 0.2) is 0 Å². The van der Waals surface area contributed by atoms with Gasteiger partial charge >= 0.3 is 0 Å². The normalized spacial score (nSPS) is 14.6. The van der Waals surface area contributed by atoms with E-state index in [4.69, 9.17) is 4.74 Å². The highest BCUT2D eigenvalue weighted by Gasteiger charge is 2.23. The van der Waals surface area contributed by atoms with Gasteiger partial charge in [0.2, 0.25) is 5.91 Å². The summed E-state index contributed by atoms with van der Waals surface area (Å²) in [7, 11) is 0. The maximum atomic E-state index is 13.5. The van der Waals surface area contributed by atoms with E-state index in [1.165, 1.54) is 25.0 Å². The van der Waals surface area contributed by atoms with Crippen LogP contribution in [0.2, 0.25) is 0 Å². The predicted octanol–water partition coefficient (Wildman–Crippen LogP) is 5.96. The molecule has 1 amide bonds. The first-order chi connectivity index (χ1) is 18.6. The quantitative estimate of drug-likeness (QED) is 0.269. The Balaban J connectivity index is 1.44. The van der Waals surface area contributed by atoms with E-state index in [9.17, 15) is 9.18 Å². The second-order valence-electron chi connectivity index (χ2n) is 10.0. The van der Waals surface area contributed by atoms with Gasteiger partial charge in [-0.1, -0.05) is 42.5 Å². The molecule has 1 atom stereocenters. The van der Waals surface area contributed by atoms with Crippen LogP contribution >= 0.6 is 0 Å². The summed E-state index contributed by atoms with van der Waals surface area (Å²) in [5.41, 5.74) is 4.31. The molecule has 4 aromatic rings. The minimum absolute atomic E-state index is 0.0541. The number of nitrogens with one attached hydrogen (secondary N) is 1. The molecule has 5 nitrogen and oxygen atoms in total. The summed E-state index contributed by atoms with van der Waals surface area (Å²) in [6.07, 6.45) is 5.01. The van der Waals surface area contributed by atoms with Crippen molar-refractivity contribution in [3.05, 3.63) is 102 Å². The van der Waals surface area contributed by atoms with Gasteiger partial charge in [-0.3, -0.25) is 4.79 Å². The number of carbonyl (C=O) groups excluding carboxylic acids is 1. The van der Waals surface area contributed by atoms with Crippen LogP contribution in [0.1, 0.15) is 48.8 Å². The third-order valence-electron chi connectivity index (χ3n) is 7.39. The molecule has 0 radical (unpaired) electrons. The molecular formula is C32H36FN3O2. The van der Waals surface area contributed by atoms with Crippen LogP contribution in [-0.2, 0) is 11.3 Å². The predicted molar refractivity (Wildman–Crippen MR) is 150 cm³/mol. The second-order valence-corrected chi connectivity index (χ2v) is 10.0. The largest absolute Gasteiger partial charge is 0.494 e. The first-order valence-electron chi connectivity index (χ1n) is 13.6. The van der Waals surface area contributed by atoms with Crippen molar-refractivity contribution in [3.8, 4) is 5.75 Å². The molecule has 38 heavy (non-hydrogen) atoms. The van der Waals surface area contributed by atoms with Crippen molar-refractivity contribution in [2.45, 2.75) is 38.6 Å². The second kappa shape index (κ2) is 12.3. The van der Waals surface area contributed by atoms with Crippen molar-refractivity contribution in [1.82, 2.24) is 14.8 Å². The van der Waals surface area contributed by atoms with Crippen LogP contribution in [0.3, 0.4) is 0 Å². The highest BCUT2D eigenvalue weighted by Crippen LogP contribution is 2.36. The average Bonchev–Trinajstić information content (AvgIpc) is 3.58. The molecule has 2 heterocycles. The van der Waals surface area contributed by atoms with E-state index in [1.807, 2.05) is 43.3 Å². The van der Waals surface area contributed by atoms with E-state index >= 15 is 0 Å². The zero-order chi connectivity index (χ0) is 26.3. The summed E-state index contributed by atoms with van der Waals surface area (Å²) in [6.45, 7) is 7.02. The highest BCUT2D eigenvalue weighted by molar-refractivity contribution is 5.86. The third kappa shape index (κ3) is 6.25. The van der Waals surface area contributed by atoms with E-state index in [-0.39, 0.29) is 17.6 Å². The molecule has 0 bridgehead atoms. The van der Waals surface area contributed by atoms with Crippen LogP contribution in [0.4, 0.5) is 4.39 Å². The number of nitrogens with zero attached hydrogens (tertiary/aromatic N) is 2. The fraction of sp³-hybridized carbons (Fsp3) is 0.344. The van der Waals surface area contributed by atoms with Crippen molar-refractivity contribution >= 4 is 16.8 Å². The number of carbonyl (C=O) groups is 1. The van der Waals surface area contributed by atoms with Gasteiger partial charge in [-0.25, -0.2) is 4.39 Å². The molecule has 1 aliphatic rings. The molecule has 198 valence electrons. The molecule has 1 saturated heterocycles. The fourth-order valence-corrected chi connectivity index (χ4v) is 5.46. The Morgan fingerprint density at radius 1 is 1.00 bits per heavy atom. The number of halogens is 1. The van der Waals surface area contributed by atoms with Gasteiger partial charge in [0.1, 0.15) is 11.6 Å². The van der Waals surface area contributed by atoms with Gasteiger partial charge in [-0.05, 0) is 79.9 Å². The molecule has 0 saturated carbocycles. The summed E-state index contributed by atoms with van der Waals surface area (Å²) in [5, 5.41) is 4.29. The number of aromatic nitrogens is 1. The number of rotatable bonds is 11. The number of benzene rings is 3. The first-order valence-corrected chi connectivity index (χ1v) is 13.6. The van der Waals surface area contributed by atoms with Crippen molar-refractivity contribution in [2.24, 2.45) is 0 Å². The van der Waals surface area contributed by atoms with E-state index in [0.29, 0.717) is 26.1 Å².